The highest BCUT2D eigenvalue weighted by Crippen LogP contribution is 2.33. The van der Waals surface area contributed by atoms with Gasteiger partial charge in [0, 0.05) is 28.5 Å². The van der Waals surface area contributed by atoms with Gasteiger partial charge in [0.05, 0.1) is 6.54 Å². The lowest BCUT2D eigenvalue weighted by Crippen LogP contribution is -3.12. The van der Waals surface area contributed by atoms with E-state index < -0.39 is 0 Å². The van der Waals surface area contributed by atoms with Crippen LogP contribution in [-0.2, 0) is 13.0 Å². The molecule has 2 aromatic carbocycles. The molecule has 1 atom stereocenters. The summed E-state index contributed by atoms with van der Waals surface area (Å²) in [5.41, 5.74) is 5.10. The first kappa shape index (κ1) is 17.7. The van der Waals surface area contributed by atoms with Gasteiger partial charge in [0.1, 0.15) is 23.7 Å². The Morgan fingerprint density at radius 2 is 1.81 bits per heavy atom. The molecule has 0 amide bonds. The highest BCUT2D eigenvalue weighted by molar-refractivity contribution is 5.86. The minimum Gasteiger partial charge on any atom is -0.444 e. The summed E-state index contributed by atoms with van der Waals surface area (Å²) in [6.07, 6.45) is 0.869. The first-order chi connectivity index (χ1) is 12.9. The fraction of sp³-hybridized carbons (Fsp3) is 0.318. The van der Waals surface area contributed by atoms with Crippen LogP contribution in [0.2, 0.25) is 0 Å². The standard InChI is InChI=1S/C22H22FNO3/c1-13-14(2)22(25)27-21-15(3)20-17(10-19(13)21)11-24(12-26-20)9-8-16-4-6-18(23)7-5-16/h4-7,10H,8-9,11-12H2,1-3H3/p+1. The molecule has 1 aliphatic heterocycles. The van der Waals surface area contributed by atoms with Crippen molar-refractivity contribution in [2.75, 3.05) is 13.3 Å². The van der Waals surface area contributed by atoms with Gasteiger partial charge in [0.15, 0.2) is 0 Å². The van der Waals surface area contributed by atoms with Gasteiger partial charge >= 0.3 is 5.63 Å². The van der Waals surface area contributed by atoms with Crippen molar-refractivity contribution in [1.82, 2.24) is 0 Å². The van der Waals surface area contributed by atoms with Gasteiger partial charge in [-0.05, 0) is 50.1 Å². The number of ether oxygens (including phenoxy) is 1. The van der Waals surface area contributed by atoms with Gasteiger partial charge in [-0.1, -0.05) is 12.1 Å². The smallest absolute Gasteiger partial charge is 0.339 e. The molecule has 140 valence electrons. The molecule has 0 fully saturated rings. The molecule has 4 rings (SSSR count). The number of hydrogen-bond donors (Lipinski definition) is 1. The van der Waals surface area contributed by atoms with Crippen LogP contribution in [0, 0.1) is 26.6 Å². The van der Waals surface area contributed by atoms with Gasteiger partial charge in [-0.2, -0.15) is 0 Å². The number of nitrogens with one attached hydrogen (secondary N) is 1. The highest BCUT2D eigenvalue weighted by Gasteiger charge is 2.25. The minimum absolute atomic E-state index is 0.207. The van der Waals surface area contributed by atoms with E-state index in [0.717, 1.165) is 52.9 Å². The predicted molar refractivity (Wildman–Crippen MR) is 102 cm³/mol. The molecule has 4 nitrogen and oxygen atoms in total. The van der Waals surface area contributed by atoms with E-state index in [1.807, 2.05) is 26.0 Å². The first-order valence-electron chi connectivity index (χ1n) is 9.21. The van der Waals surface area contributed by atoms with Crippen molar-refractivity contribution in [2.45, 2.75) is 33.7 Å². The lowest BCUT2D eigenvalue weighted by molar-refractivity contribution is -0.932. The molecule has 0 spiro atoms. The van der Waals surface area contributed by atoms with Crippen LogP contribution in [0.1, 0.15) is 27.8 Å². The fourth-order valence-electron chi connectivity index (χ4n) is 3.75. The van der Waals surface area contributed by atoms with E-state index >= 15 is 0 Å². The van der Waals surface area contributed by atoms with E-state index in [4.69, 9.17) is 9.15 Å². The predicted octanol–water partition coefficient (Wildman–Crippen LogP) is 2.83. The molecular formula is C22H23FNO3+. The Hall–Kier alpha value is -2.66. The molecule has 0 saturated carbocycles. The van der Waals surface area contributed by atoms with Crippen molar-refractivity contribution in [1.29, 1.82) is 0 Å². The first-order valence-corrected chi connectivity index (χ1v) is 9.21. The Morgan fingerprint density at radius 3 is 2.56 bits per heavy atom. The van der Waals surface area contributed by atoms with E-state index in [0.29, 0.717) is 17.9 Å². The second-order valence-electron chi connectivity index (χ2n) is 7.35. The van der Waals surface area contributed by atoms with Crippen LogP contribution < -0.4 is 15.3 Å². The van der Waals surface area contributed by atoms with Crippen LogP contribution in [-0.4, -0.2) is 13.3 Å². The van der Waals surface area contributed by atoms with Crippen molar-refractivity contribution >= 4 is 11.0 Å². The number of halogens is 1. The lowest BCUT2D eigenvalue weighted by atomic mass is 9.99. The fourth-order valence-corrected chi connectivity index (χ4v) is 3.75. The third-order valence-electron chi connectivity index (χ3n) is 5.55. The van der Waals surface area contributed by atoms with Crippen molar-refractivity contribution in [3.05, 3.63) is 74.4 Å². The van der Waals surface area contributed by atoms with E-state index in [9.17, 15) is 9.18 Å². The van der Waals surface area contributed by atoms with E-state index in [2.05, 4.69) is 6.07 Å². The molecule has 1 aliphatic rings. The monoisotopic (exact) mass is 368 g/mol. The minimum atomic E-state index is -0.287. The summed E-state index contributed by atoms with van der Waals surface area (Å²) in [6.45, 7) is 8.03. The number of benzene rings is 2. The highest BCUT2D eigenvalue weighted by atomic mass is 19.1. The van der Waals surface area contributed by atoms with Crippen LogP contribution in [0.3, 0.4) is 0 Å². The normalized spacial score (nSPS) is 16.2. The molecular weight excluding hydrogens is 345 g/mol. The van der Waals surface area contributed by atoms with E-state index in [-0.39, 0.29) is 11.4 Å². The summed E-state index contributed by atoms with van der Waals surface area (Å²) in [5.74, 6) is 0.625. The summed E-state index contributed by atoms with van der Waals surface area (Å²) in [4.78, 5) is 13.3. The van der Waals surface area contributed by atoms with Crippen LogP contribution in [0.25, 0.3) is 11.0 Å². The molecule has 1 N–H and O–H groups in total. The average molecular weight is 368 g/mol. The van der Waals surface area contributed by atoms with Gasteiger partial charge in [-0.25, -0.2) is 9.18 Å². The maximum Gasteiger partial charge on any atom is 0.339 e. The molecule has 3 aromatic rings. The summed E-state index contributed by atoms with van der Waals surface area (Å²) in [6, 6.07) is 8.76. The van der Waals surface area contributed by atoms with Gasteiger partial charge in [-0.15, -0.1) is 0 Å². The zero-order chi connectivity index (χ0) is 19.1. The number of rotatable bonds is 3. The van der Waals surface area contributed by atoms with Gasteiger partial charge in [0.2, 0.25) is 6.73 Å². The number of aryl methyl sites for hydroxylation is 2. The summed E-state index contributed by atoms with van der Waals surface area (Å²) < 4.78 is 24.6. The molecule has 1 aromatic heterocycles. The zero-order valence-corrected chi connectivity index (χ0v) is 15.8. The molecule has 0 radical (unpaired) electrons. The number of hydrogen-bond acceptors (Lipinski definition) is 3. The number of quaternary nitrogens is 1. The lowest BCUT2D eigenvalue weighted by Gasteiger charge is -2.27. The van der Waals surface area contributed by atoms with Crippen LogP contribution in [0.5, 0.6) is 5.75 Å². The Labute approximate surface area is 157 Å². The zero-order valence-electron chi connectivity index (χ0n) is 15.8. The Kier molecular flexibility index (Phi) is 4.48. The molecule has 2 heterocycles. The maximum atomic E-state index is 13.0. The molecule has 27 heavy (non-hydrogen) atoms. The summed E-state index contributed by atoms with van der Waals surface area (Å²) >= 11 is 0. The van der Waals surface area contributed by atoms with Crippen LogP contribution in [0.15, 0.2) is 39.5 Å². The van der Waals surface area contributed by atoms with Crippen molar-refractivity contribution in [3.8, 4) is 5.75 Å². The molecule has 5 heteroatoms. The SMILES string of the molecule is Cc1c(C)c2cc3c(c(C)c2oc1=O)OC[NH+](CCc1ccc(F)cc1)C3. The van der Waals surface area contributed by atoms with E-state index in [1.165, 1.54) is 17.0 Å². The van der Waals surface area contributed by atoms with Crippen molar-refractivity contribution in [2.24, 2.45) is 0 Å². The van der Waals surface area contributed by atoms with Crippen LogP contribution >= 0.6 is 0 Å². The van der Waals surface area contributed by atoms with Gasteiger partial charge < -0.3 is 9.15 Å². The second-order valence-corrected chi connectivity index (χ2v) is 7.35. The molecule has 0 aliphatic carbocycles. The van der Waals surface area contributed by atoms with E-state index in [1.54, 1.807) is 6.92 Å². The quantitative estimate of drug-likeness (QED) is 0.723. The third kappa shape index (κ3) is 3.23. The van der Waals surface area contributed by atoms with Crippen LogP contribution in [0.4, 0.5) is 4.39 Å². The van der Waals surface area contributed by atoms with Gasteiger partial charge in [0.25, 0.3) is 0 Å². The second kappa shape index (κ2) is 6.82. The Bertz CT molecular complexity index is 1070. The largest absolute Gasteiger partial charge is 0.444 e. The Balaban J connectivity index is 1.61. The average Bonchev–Trinajstić information content (AvgIpc) is 2.67. The summed E-state index contributed by atoms with van der Waals surface area (Å²) in [5, 5.41) is 0.978. The Morgan fingerprint density at radius 1 is 1.07 bits per heavy atom. The third-order valence-corrected chi connectivity index (χ3v) is 5.55. The summed E-state index contributed by atoms with van der Waals surface area (Å²) in [7, 11) is 0. The maximum absolute atomic E-state index is 13.0. The van der Waals surface area contributed by atoms with Crippen molar-refractivity contribution < 1.29 is 18.4 Å². The molecule has 1 unspecified atom stereocenters. The topological polar surface area (TPSA) is 43.9 Å². The molecule has 0 bridgehead atoms. The van der Waals surface area contributed by atoms with Crippen molar-refractivity contribution in [3.63, 3.8) is 0 Å². The van der Waals surface area contributed by atoms with Gasteiger partial charge in [-0.3, -0.25) is 4.90 Å². The number of fused-ring (bicyclic) bond motifs is 2. The molecule has 0 saturated heterocycles.